The second kappa shape index (κ2) is 11.7. The molecule has 0 aliphatic heterocycles. The van der Waals surface area contributed by atoms with Gasteiger partial charge in [-0.05, 0) is 64.6 Å². The van der Waals surface area contributed by atoms with Crippen LogP contribution in [0.15, 0.2) is 54.6 Å². The van der Waals surface area contributed by atoms with Crippen molar-refractivity contribution in [3.05, 3.63) is 88.0 Å². The van der Waals surface area contributed by atoms with E-state index in [1.165, 1.54) is 13.2 Å². The fourth-order valence-electron chi connectivity index (χ4n) is 4.35. The molecule has 3 rings (SSSR count). The number of benzene rings is 3. The van der Waals surface area contributed by atoms with Gasteiger partial charge in [0, 0.05) is 12.1 Å². The highest BCUT2D eigenvalue weighted by atomic mass is 19.4. The van der Waals surface area contributed by atoms with Crippen LogP contribution in [0.1, 0.15) is 59.2 Å². The van der Waals surface area contributed by atoms with E-state index in [9.17, 15) is 44.6 Å². The van der Waals surface area contributed by atoms with Gasteiger partial charge in [-0.1, -0.05) is 32.0 Å². The Balaban J connectivity index is 2.15. The lowest BCUT2D eigenvalue weighted by atomic mass is 9.88. The van der Waals surface area contributed by atoms with Crippen LogP contribution in [0.4, 0.5) is 39.5 Å². The minimum Gasteiger partial charge on any atom is -0.496 e. The van der Waals surface area contributed by atoms with Crippen LogP contribution in [0.5, 0.6) is 5.75 Å². The summed E-state index contributed by atoms with van der Waals surface area (Å²) in [5.41, 5.74) is -3.84. The summed E-state index contributed by atoms with van der Waals surface area (Å²) in [6.07, 6.45) is -15.0. The van der Waals surface area contributed by atoms with Crippen molar-refractivity contribution in [2.75, 3.05) is 13.7 Å². The van der Waals surface area contributed by atoms with E-state index in [-0.39, 0.29) is 17.2 Å². The Kier molecular flexibility index (Phi) is 9.15. The number of ether oxygens (including phenoxy) is 1. The summed E-state index contributed by atoms with van der Waals surface area (Å²) in [6, 6.07) is 8.17. The van der Waals surface area contributed by atoms with Crippen molar-refractivity contribution in [3.8, 4) is 16.9 Å². The number of hydrogen-bond donors (Lipinski definition) is 2. The summed E-state index contributed by atoms with van der Waals surface area (Å²) in [5.74, 6) is -0.201. The Bertz CT molecular complexity index is 1300. The molecule has 0 saturated carbocycles. The molecule has 0 aliphatic rings. The standard InChI is InChI=1S/C28H26F9NO2/c1-15(2)21-12-22(20-6-4-5-7-25(20)40-3)17(10-23(21)28(35,36)37)13-38-24(14-39)16-8-18(26(29,30)31)11-19(9-16)27(32,33)34/h4-12,15,24,38-39H,13-14H2,1-3H3. The number of aliphatic hydroxyl groups excluding tert-OH is 1. The average Bonchev–Trinajstić information content (AvgIpc) is 2.86. The highest BCUT2D eigenvalue weighted by molar-refractivity contribution is 5.75. The highest BCUT2D eigenvalue weighted by Crippen LogP contribution is 2.42. The van der Waals surface area contributed by atoms with Crippen LogP contribution in [0.2, 0.25) is 0 Å². The zero-order chi connectivity index (χ0) is 30.0. The van der Waals surface area contributed by atoms with Crippen molar-refractivity contribution in [3.63, 3.8) is 0 Å². The maximum atomic E-state index is 14.0. The molecule has 0 radical (unpaired) electrons. The first kappa shape index (κ1) is 31.3. The Hall–Kier alpha value is -3.25. The molecule has 0 amide bonds. The summed E-state index contributed by atoms with van der Waals surface area (Å²) in [6.45, 7) is 1.81. The van der Waals surface area contributed by atoms with Gasteiger partial charge in [0.25, 0.3) is 0 Å². The van der Waals surface area contributed by atoms with Crippen LogP contribution in [0.3, 0.4) is 0 Å². The predicted molar refractivity (Wildman–Crippen MR) is 131 cm³/mol. The molecular formula is C28H26F9NO2. The number of hydrogen-bond acceptors (Lipinski definition) is 3. The second-order valence-corrected chi connectivity index (χ2v) is 9.40. The number of methoxy groups -OCH3 is 1. The first-order valence-electron chi connectivity index (χ1n) is 12.0. The van der Waals surface area contributed by atoms with E-state index in [4.69, 9.17) is 4.74 Å². The van der Waals surface area contributed by atoms with E-state index in [0.717, 1.165) is 6.07 Å². The largest absolute Gasteiger partial charge is 0.496 e. The number of rotatable bonds is 8. The van der Waals surface area contributed by atoms with E-state index >= 15 is 0 Å². The minimum absolute atomic E-state index is 0.0106. The summed E-state index contributed by atoms with van der Waals surface area (Å²) >= 11 is 0. The molecule has 0 saturated heterocycles. The SMILES string of the molecule is COc1ccccc1-c1cc(C(C)C)c(C(F)(F)F)cc1CNC(CO)c1cc(C(F)(F)F)cc(C(F)(F)F)c1. The molecule has 1 unspecified atom stereocenters. The maximum Gasteiger partial charge on any atom is 0.416 e. The van der Waals surface area contributed by atoms with Gasteiger partial charge in [-0.3, -0.25) is 0 Å². The lowest BCUT2D eigenvalue weighted by Crippen LogP contribution is -2.26. The van der Waals surface area contributed by atoms with Gasteiger partial charge in [0.05, 0.1) is 36.4 Å². The van der Waals surface area contributed by atoms with Crippen LogP contribution in [-0.4, -0.2) is 18.8 Å². The van der Waals surface area contributed by atoms with Gasteiger partial charge in [0.15, 0.2) is 0 Å². The highest BCUT2D eigenvalue weighted by Gasteiger charge is 2.38. The lowest BCUT2D eigenvalue weighted by Gasteiger charge is -2.24. The minimum atomic E-state index is -5.11. The summed E-state index contributed by atoms with van der Waals surface area (Å²) in [4.78, 5) is 0. The van der Waals surface area contributed by atoms with E-state index in [1.54, 1.807) is 38.1 Å². The van der Waals surface area contributed by atoms with Crippen LogP contribution in [0, 0.1) is 0 Å². The molecule has 3 aromatic carbocycles. The van der Waals surface area contributed by atoms with E-state index in [2.05, 4.69) is 5.32 Å². The van der Waals surface area contributed by atoms with Crippen molar-refractivity contribution in [2.24, 2.45) is 0 Å². The topological polar surface area (TPSA) is 41.5 Å². The molecule has 2 N–H and O–H groups in total. The Labute approximate surface area is 224 Å². The van der Waals surface area contributed by atoms with Gasteiger partial charge in [-0.15, -0.1) is 0 Å². The molecule has 3 aromatic rings. The molecule has 12 heteroatoms. The van der Waals surface area contributed by atoms with E-state index < -0.39 is 65.9 Å². The van der Waals surface area contributed by atoms with Crippen LogP contribution >= 0.6 is 0 Å². The molecule has 40 heavy (non-hydrogen) atoms. The molecule has 3 nitrogen and oxygen atoms in total. The smallest absolute Gasteiger partial charge is 0.416 e. The number of halogens is 9. The molecule has 218 valence electrons. The first-order chi connectivity index (χ1) is 18.5. The number of alkyl halides is 9. The van der Waals surface area contributed by atoms with Crippen molar-refractivity contribution in [1.29, 1.82) is 0 Å². The Morgan fingerprint density at radius 1 is 0.775 bits per heavy atom. The molecule has 0 heterocycles. The Morgan fingerprint density at radius 3 is 1.82 bits per heavy atom. The van der Waals surface area contributed by atoms with Crippen LogP contribution < -0.4 is 10.1 Å². The molecular weight excluding hydrogens is 553 g/mol. The normalized spacial score (nSPS) is 13.6. The van der Waals surface area contributed by atoms with Crippen molar-refractivity contribution < 1.29 is 49.4 Å². The third kappa shape index (κ3) is 7.08. The van der Waals surface area contributed by atoms with Gasteiger partial charge < -0.3 is 15.2 Å². The number of aliphatic hydroxyl groups is 1. The summed E-state index contributed by atoms with van der Waals surface area (Å²) in [5, 5.41) is 12.5. The third-order valence-electron chi connectivity index (χ3n) is 6.33. The fraction of sp³-hybridized carbons (Fsp3) is 0.357. The van der Waals surface area contributed by atoms with Crippen molar-refractivity contribution >= 4 is 0 Å². The Morgan fingerprint density at radius 2 is 1.35 bits per heavy atom. The number of para-hydroxylation sites is 1. The second-order valence-electron chi connectivity index (χ2n) is 9.40. The summed E-state index contributed by atoms with van der Waals surface area (Å²) in [7, 11) is 1.37. The van der Waals surface area contributed by atoms with Gasteiger partial charge in [0.1, 0.15) is 5.75 Å². The van der Waals surface area contributed by atoms with Gasteiger partial charge in [0.2, 0.25) is 0 Å². The first-order valence-corrected chi connectivity index (χ1v) is 12.0. The molecule has 0 spiro atoms. The van der Waals surface area contributed by atoms with E-state index in [0.29, 0.717) is 29.0 Å². The van der Waals surface area contributed by atoms with Crippen molar-refractivity contribution in [2.45, 2.75) is 50.9 Å². The molecule has 0 fully saturated rings. The summed E-state index contributed by atoms with van der Waals surface area (Å²) < 4.78 is 128. The van der Waals surface area contributed by atoms with Crippen LogP contribution in [0.25, 0.3) is 11.1 Å². The fourth-order valence-corrected chi connectivity index (χ4v) is 4.35. The third-order valence-corrected chi connectivity index (χ3v) is 6.33. The zero-order valence-electron chi connectivity index (χ0n) is 21.5. The van der Waals surface area contributed by atoms with Crippen molar-refractivity contribution in [1.82, 2.24) is 5.32 Å². The predicted octanol–water partition coefficient (Wildman–Crippen LogP) is 8.37. The molecule has 0 aliphatic carbocycles. The van der Waals surface area contributed by atoms with Gasteiger partial charge in [-0.2, -0.15) is 39.5 Å². The quantitative estimate of drug-likeness (QED) is 0.264. The maximum absolute atomic E-state index is 14.0. The van der Waals surface area contributed by atoms with E-state index in [1.807, 2.05) is 0 Å². The monoisotopic (exact) mass is 579 g/mol. The molecule has 0 bridgehead atoms. The molecule has 0 aromatic heterocycles. The zero-order valence-corrected chi connectivity index (χ0v) is 21.5. The van der Waals surface area contributed by atoms with Crippen LogP contribution in [-0.2, 0) is 25.1 Å². The lowest BCUT2D eigenvalue weighted by molar-refractivity contribution is -0.143. The number of nitrogens with one attached hydrogen (secondary N) is 1. The van der Waals surface area contributed by atoms with Gasteiger partial charge >= 0.3 is 18.5 Å². The van der Waals surface area contributed by atoms with Gasteiger partial charge in [-0.25, -0.2) is 0 Å². The average molecular weight is 580 g/mol. The molecule has 1 atom stereocenters.